The molecule has 1 aromatic rings. The molecule has 1 aliphatic rings. The Morgan fingerprint density at radius 2 is 2.00 bits per heavy atom. The maximum atomic E-state index is 12.3. The highest BCUT2D eigenvalue weighted by atomic mass is 32.2. The zero-order chi connectivity index (χ0) is 14.0. The number of nitrogens with one attached hydrogen (secondary N) is 1. The molecule has 1 fully saturated rings. The second kappa shape index (κ2) is 5.18. The van der Waals surface area contributed by atoms with E-state index >= 15 is 0 Å². The van der Waals surface area contributed by atoms with E-state index in [1.165, 1.54) is 35.5 Å². The summed E-state index contributed by atoms with van der Waals surface area (Å²) >= 11 is 0. The number of phenols is 1. The maximum Gasteiger partial charge on any atom is 0.243 e. The Balaban J connectivity index is 2.13. The van der Waals surface area contributed by atoms with Crippen molar-refractivity contribution in [1.82, 2.24) is 9.62 Å². The van der Waals surface area contributed by atoms with Crippen molar-refractivity contribution in [2.24, 2.45) is 0 Å². The number of amides is 1. The van der Waals surface area contributed by atoms with Crippen molar-refractivity contribution in [3.63, 3.8) is 0 Å². The van der Waals surface area contributed by atoms with Gasteiger partial charge in [0.05, 0.1) is 4.90 Å². The Morgan fingerprint density at radius 3 is 2.58 bits per heavy atom. The number of hydrogen-bond acceptors (Lipinski definition) is 4. The number of sulfonamides is 1. The number of nitrogens with zero attached hydrogens (tertiary/aromatic N) is 1. The van der Waals surface area contributed by atoms with Crippen LogP contribution in [0.1, 0.15) is 13.3 Å². The third-order valence-corrected chi connectivity index (χ3v) is 4.91. The van der Waals surface area contributed by atoms with Gasteiger partial charge in [-0.3, -0.25) is 4.79 Å². The maximum absolute atomic E-state index is 12.3. The highest BCUT2D eigenvalue weighted by molar-refractivity contribution is 7.89. The van der Waals surface area contributed by atoms with Gasteiger partial charge in [-0.05, 0) is 30.7 Å². The normalized spacial score (nSPS) is 20.4. The minimum Gasteiger partial charge on any atom is -0.508 e. The quantitative estimate of drug-likeness (QED) is 0.835. The number of carbonyl (C=O) groups is 1. The number of hydrogen-bond donors (Lipinski definition) is 2. The molecule has 1 saturated heterocycles. The Kier molecular flexibility index (Phi) is 3.77. The molecule has 1 heterocycles. The summed E-state index contributed by atoms with van der Waals surface area (Å²) in [4.78, 5) is 11.1. The largest absolute Gasteiger partial charge is 0.508 e. The van der Waals surface area contributed by atoms with Crippen molar-refractivity contribution in [1.29, 1.82) is 0 Å². The van der Waals surface area contributed by atoms with E-state index in [4.69, 9.17) is 0 Å². The van der Waals surface area contributed by atoms with Crippen molar-refractivity contribution in [3.05, 3.63) is 24.3 Å². The Hall–Kier alpha value is -1.60. The highest BCUT2D eigenvalue weighted by Gasteiger charge is 2.32. The van der Waals surface area contributed by atoms with Gasteiger partial charge in [-0.25, -0.2) is 8.42 Å². The van der Waals surface area contributed by atoms with Crippen LogP contribution in [0.2, 0.25) is 0 Å². The summed E-state index contributed by atoms with van der Waals surface area (Å²) in [5, 5.41) is 11.9. The first-order chi connectivity index (χ1) is 8.89. The van der Waals surface area contributed by atoms with E-state index in [-0.39, 0.29) is 29.1 Å². The molecule has 1 aromatic carbocycles. The number of benzene rings is 1. The van der Waals surface area contributed by atoms with Crippen molar-refractivity contribution >= 4 is 15.9 Å². The smallest absolute Gasteiger partial charge is 0.243 e. The minimum absolute atomic E-state index is 0.0245. The molecule has 0 saturated carbocycles. The SMILES string of the molecule is CC(=O)NC1CCN(S(=O)(=O)c2ccc(O)cc2)C1. The van der Waals surface area contributed by atoms with Gasteiger partial charge in [0.15, 0.2) is 0 Å². The topological polar surface area (TPSA) is 86.7 Å². The van der Waals surface area contributed by atoms with Crippen LogP contribution in [-0.2, 0) is 14.8 Å². The van der Waals surface area contributed by atoms with Crippen LogP contribution in [0, 0.1) is 0 Å². The molecular formula is C12H16N2O4S. The average Bonchev–Trinajstić information content (AvgIpc) is 2.78. The fraction of sp³-hybridized carbons (Fsp3) is 0.417. The van der Waals surface area contributed by atoms with E-state index in [9.17, 15) is 18.3 Å². The Morgan fingerprint density at radius 1 is 1.37 bits per heavy atom. The summed E-state index contributed by atoms with van der Waals surface area (Å²) < 4.78 is 26.0. The van der Waals surface area contributed by atoms with Gasteiger partial charge in [0.1, 0.15) is 5.75 Å². The first-order valence-corrected chi connectivity index (χ1v) is 7.40. The molecule has 0 aliphatic carbocycles. The molecule has 1 amide bonds. The van der Waals surface area contributed by atoms with Gasteiger partial charge in [0.25, 0.3) is 0 Å². The van der Waals surface area contributed by atoms with Gasteiger partial charge < -0.3 is 10.4 Å². The third kappa shape index (κ3) is 3.05. The molecule has 6 nitrogen and oxygen atoms in total. The van der Waals surface area contributed by atoms with Crippen molar-refractivity contribution in [2.75, 3.05) is 13.1 Å². The predicted molar refractivity (Wildman–Crippen MR) is 69.1 cm³/mol. The van der Waals surface area contributed by atoms with Crippen LogP contribution < -0.4 is 5.32 Å². The molecule has 1 unspecified atom stereocenters. The molecule has 7 heteroatoms. The zero-order valence-corrected chi connectivity index (χ0v) is 11.4. The number of aromatic hydroxyl groups is 1. The van der Waals surface area contributed by atoms with E-state index in [2.05, 4.69) is 5.32 Å². The molecule has 2 N–H and O–H groups in total. The van der Waals surface area contributed by atoms with E-state index in [0.29, 0.717) is 13.0 Å². The molecule has 2 rings (SSSR count). The summed E-state index contributed by atoms with van der Waals surface area (Å²) in [5.74, 6) is -0.134. The molecule has 0 aromatic heterocycles. The van der Waals surface area contributed by atoms with Gasteiger partial charge in [-0.15, -0.1) is 0 Å². The van der Waals surface area contributed by atoms with Crippen LogP contribution in [0.25, 0.3) is 0 Å². The molecule has 0 bridgehead atoms. The second-order valence-electron chi connectivity index (χ2n) is 4.54. The Bertz CT molecular complexity index is 568. The molecular weight excluding hydrogens is 268 g/mol. The molecule has 0 spiro atoms. The number of phenolic OH excluding ortho intramolecular Hbond substituents is 1. The van der Waals surface area contributed by atoms with Crippen LogP contribution in [0.15, 0.2) is 29.2 Å². The van der Waals surface area contributed by atoms with Crippen molar-refractivity contribution in [2.45, 2.75) is 24.3 Å². The summed E-state index contributed by atoms with van der Waals surface area (Å²) in [5.41, 5.74) is 0. The fourth-order valence-electron chi connectivity index (χ4n) is 2.12. The molecule has 19 heavy (non-hydrogen) atoms. The lowest BCUT2D eigenvalue weighted by Crippen LogP contribution is -2.37. The van der Waals surface area contributed by atoms with Gasteiger partial charge in [-0.1, -0.05) is 0 Å². The van der Waals surface area contributed by atoms with Crippen LogP contribution in [0.3, 0.4) is 0 Å². The van der Waals surface area contributed by atoms with Crippen molar-refractivity contribution < 1.29 is 18.3 Å². The highest BCUT2D eigenvalue weighted by Crippen LogP contribution is 2.22. The lowest BCUT2D eigenvalue weighted by atomic mass is 10.3. The first kappa shape index (κ1) is 13.8. The van der Waals surface area contributed by atoms with Crippen LogP contribution >= 0.6 is 0 Å². The van der Waals surface area contributed by atoms with Crippen LogP contribution in [0.5, 0.6) is 5.75 Å². The van der Waals surface area contributed by atoms with Gasteiger partial charge >= 0.3 is 0 Å². The summed E-state index contributed by atoms with van der Waals surface area (Å²) in [6.45, 7) is 2.08. The second-order valence-corrected chi connectivity index (χ2v) is 6.48. The van der Waals surface area contributed by atoms with E-state index < -0.39 is 10.0 Å². The van der Waals surface area contributed by atoms with Crippen molar-refractivity contribution in [3.8, 4) is 5.75 Å². The standard InChI is InChI=1S/C12H16N2O4S/c1-9(15)13-10-6-7-14(8-10)19(17,18)12-4-2-11(16)3-5-12/h2-5,10,16H,6-8H2,1H3,(H,13,15). The average molecular weight is 284 g/mol. The molecule has 1 aliphatic heterocycles. The van der Waals surface area contributed by atoms with E-state index in [1.54, 1.807) is 0 Å². The van der Waals surface area contributed by atoms with Gasteiger partial charge in [0.2, 0.25) is 15.9 Å². The van der Waals surface area contributed by atoms with Crippen LogP contribution in [-0.4, -0.2) is 42.9 Å². The Labute approximate surface area is 112 Å². The zero-order valence-electron chi connectivity index (χ0n) is 10.5. The lowest BCUT2D eigenvalue weighted by Gasteiger charge is -2.16. The summed E-state index contributed by atoms with van der Waals surface area (Å²) in [6.07, 6.45) is 0.608. The van der Waals surface area contributed by atoms with Gasteiger partial charge in [-0.2, -0.15) is 4.31 Å². The lowest BCUT2D eigenvalue weighted by molar-refractivity contribution is -0.119. The summed E-state index contributed by atoms with van der Waals surface area (Å²) in [7, 11) is -3.55. The van der Waals surface area contributed by atoms with E-state index in [0.717, 1.165) is 0 Å². The first-order valence-electron chi connectivity index (χ1n) is 5.96. The van der Waals surface area contributed by atoms with Crippen LogP contribution in [0.4, 0.5) is 0 Å². The monoisotopic (exact) mass is 284 g/mol. The number of rotatable bonds is 3. The van der Waals surface area contributed by atoms with E-state index in [1.807, 2.05) is 0 Å². The minimum atomic E-state index is -3.55. The van der Waals surface area contributed by atoms with Gasteiger partial charge in [0, 0.05) is 26.1 Å². The predicted octanol–water partition coefficient (Wildman–Crippen LogP) is 0.291. The summed E-state index contributed by atoms with van der Waals surface area (Å²) in [6, 6.07) is 5.29. The number of carbonyl (C=O) groups excluding carboxylic acids is 1. The molecule has 1 atom stereocenters. The molecule has 104 valence electrons. The molecule has 0 radical (unpaired) electrons. The third-order valence-electron chi connectivity index (χ3n) is 3.03. The fourth-order valence-corrected chi connectivity index (χ4v) is 3.62.